The SMILES string of the molecule is COC([O])Cc1cccc(Cl)c1Cl. The van der Waals surface area contributed by atoms with Gasteiger partial charge >= 0.3 is 0 Å². The summed E-state index contributed by atoms with van der Waals surface area (Å²) in [4.78, 5) is 0. The van der Waals surface area contributed by atoms with E-state index in [9.17, 15) is 5.11 Å². The fraction of sp³-hybridized carbons (Fsp3) is 0.333. The van der Waals surface area contributed by atoms with Crippen molar-refractivity contribution in [1.82, 2.24) is 0 Å². The highest BCUT2D eigenvalue weighted by atomic mass is 35.5. The first kappa shape index (κ1) is 10.8. The second-order valence-electron chi connectivity index (χ2n) is 2.58. The van der Waals surface area contributed by atoms with Crippen molar-refractivity contribution >= 4 is 23.2 Å². The minimum absolute atomic E-state index is 0.232. The highest BCUT2D eigenvalue weighted by Crippen LogP contribution is 2.26. The summed E-state index contributed by atoms with van der Waals surface area (Å²) in [7, 11) is 1.37. The third-order valence-electron chi connectivity index (χ3n) is 1.68. The van der Waals surface area contributed by atoms with Crippen molar-refractivity contribution in [1.29, 1.82) is 0 Å². The van der Waals surface area contributed by atoms with Crippen molar-refractivity contribution < 1.29 is 9.84 Å². The molecule has 1 atom stereocenters. The molecule has 0 aliphatic heterocycles. The molecule has 0 aliphatic rings. The minimum Gasteiger partial charge on any atom is -0.353 e. The molecule has 0 saturated heterocycles. The average molecular weight is 220 g/mol. The quantitative estimate of drug-likeness (QED) is 0.720. The Bertz CT molecular complexity index is 289. The Labute approximate surface area is 87.0 Å². The molecule has 0 bridgehead atoms. The number of methoxy groups -OCH3 is 1. The zero-order chi connectivity index (χ0) is 9.84. The normalized spacial score (nSPS) is 12.9. The van der Waals surface area contributed by atoms with Crippen molar-refractivity contribution in [2.75, 3.05) is 7.11 Å². The molecule has 1 aromatic carbocycles. The summed E-state index contributed by atoms with van der Waals surface area (Å²) in [5.74, 6) is 0. The topological polar surface area (TPSA) is 29.1 Å². The molecule has 0 amide bonds. The van der Waals surface area contributed by atoms with Crippen LogP contribution < -0.4 is 0 Å². The average Bonchev–Trinajstić information content (AvgIpc) is 2.13. The van der Waals surface area contributed by atoms with Gasteiger partial charge in [-0.25, -0.2) is 5.11 Å². The zero-order valence-corrected chi connectivity index (χ0v) is 8.60. The Hall–Kier alpha value is -0.280. The Morgan fingerprint density at radius 1 is 1.46 bits per heavy atom. The molecule has 1 unspecified atom stereocenters. The van der Waals surface area contributed by atoms with Crippen molar-refractivity contribution in [2.45, 2.75) is 12.7 Å². The Balaban J connectivity index is 2.83. The number of halogens is 2. The van der Waals surface area contributed by atoms with E-state index in [4.69, 9.17) is 23.2 Å². The van der Waals surface area contributed by atoms with Crippen LogP contribution in [0.4, 0.5) is 0 Å². The molecule has 1 aromatic rings. The fourth-order valence-electron chi connectivity index (χ4n) is 0.969. The van der Waals surface area contributed by atoms with Gasteiger partial charge in [-0.05, 0) is 11.6 Å². The van der Waals surface area contributed by atoms with E-state index in [2.05, 4.69) is 4.74 Å². The van der Waals surface area contributed by atoms with E-state index in [1.165, 1.54) is 7.11 Å². The van der Waals surface area contributed by atoms with Crippen LogP contribution in [-0.2, 0) is 16.3 Å². The highest BCUT2D eigenvalue weighted by molar-refractivity contribution is 6.42. The first-order valence-corrected chi connectivity index (χ1v) is 4.52. The Morgan fingerprint density at radius 2 is 2.15 bits per heavy atom. The monoisotopic (exact) mass is 219 g/mol. The van der Waals surface area contributed by atoms with Gasteiger partial charge in [-0.2, -0.15) is 0 Å². The molecule has 1 rings (SSSR count). The van der Waals surface area contributed by atoms with Crippen LogP contribution in [0.25, 0.3) is 0 Å². The first-order valence-electron chi connectivity index (χ1n) is 3.76. The van der Waals surface area contributed by atoms with E-state index < -0.39 is 6.29 Å². The predicted octanol–water partition coefficient (Wildman–Crippen LogP) is 2.94. The van der Waals surface area contributed by atoms with Gasteiger partial charge in [0.2, 0.25) is 0 Å². The summed E-state index contributed by atoms with van der Waals surface area (Å²) in [6, 6.07) is 5.20. The van der Waals surface area contributed by atoms with Crippen LogP contribution in [0.15, 0.2) is 18.2 Å². The Morgan fingerprint density at radius 3 is 2.77 bits per heavy atom. The lowest BCUT2D eigenvalue weighted by atomic mass is 10.1. The van der Waals surface area contributed by atoms with Crippen molar-refractivity contribution in [2.24, 2.45) is 0 Å². The van der Waals surface area contributed by atoms with Crippen LogP contribution in [0.5, 0.6) is 0 Å². The van der Waals surface area contributed by atoms with E-state index in [0.29, 0.717) is 10.0 Å². The zero-order valence-electron chi connectivity index (χ0n) is 7.09. The van der Waals surface area contributed by atoms with Gasteiger partial charge < -0.3 is 4.74 Å². The summed E-state index contributed by atoms with van der Waals surface area (Å²) in [6.45, 7) is 0. The van der Waals surface area contributed by atoms with Crippen LogP contribution in [0, 0.1) is 0 Å². The van der Waals surface area contributed by atoms with E-state index in [1.807, 2.05) is 0 Å². The second kappa shape index (κ2) is 4.82. The second-order valence-corrected chi connectivity index (χ2v) is 3.37. The molecule has 13 heavy (non-hydrogen) atoms. The molecule has 0 saturated carbocycles. The largest absolute Gasteiger partial charge is 0.353 e. The maximum Gasteiger partial charge on any atom is 0.195 e. The van der Waals surface area contributed by atoms with Gasteiger partial charge in [0.1, 0.15) is 0 Å². The number of rotatable bonds is 3. The number of ether oxygens (including phenoxy) is 1. The van der Waals surface area contributed by atoms with Crippen LogP contribution >= 0.6 is 23.2 Å². The molecule has 71 valence electrons. The minimum atomic E-state index is -1.09. The van der Waals surface area contributed by atoms with Crippen LogP contribution in [0.3, 0.4) is 0 Å². The number of hydrogen-bond acceptors (Lipinski definition) is 1. The van der Waals surface area contributed by atoms with Crippen molar-refractivity contribution in [3.8, 4) is 0 Å². The first-order chi connectivity index (χ1) is 6.15. The number of benzene rings is 1. The van der Waals surface area contributed by atoms with E-state index in [0.717, 1.165) is 5.56 Å². The lowest BCUT2D eigenvalue weighted by Crippen LogP contribution is -2.10. The van der Waals surface area contributed by atoms with Gasteiger partial charge in [-0.1, -0.05) is 35.3 Å². The molecule has 2 nitrogen and oxygen atoms in total. The summed E-state index contributed by atoms with van der Waals surface area (Å²) >= 11 is 11.6. The van der Waals surface area contributed by atoms with Crippen LogP contribution in [0.1, 0.15) is 5.56 Å². The van der Waals surface area contributed by atoms with E-state index >= 15 is 0 Å². The molecule has 0 fully saturated rings. The van der Waals surface area contributed by atoms with Crippen LogP contribution in [-0.4, -0.2) is 13.4 Å². The summed E-state index contributed by atoms with van der Waals surface area (Å²) in [5, 5.41) is 11.9. The predicted molar refractivity (Wildman–Crippen MR) is 51.6 cm³/mol. The number of hydrogen-bond donors (Lipinski definition) is 0. The summed E-state index contributed by atoms with van der Waals surface area (Å²) < 4.78 is 4.59. The standard InChI is InChI=1S/C9H9Cl2O2/c1-13-8(12)5-6-3-2-4-7(10)9(6)11/h2-4,8H,5H2,1H3. The van der Waals surface area contributed by atoms with Gasteiger partial charge in [0.25, 0.3) is 0 Å². The van der Waals surface area contributed by atoms with Crippen molar-refractivity contribution in [3.05, 3.63) is 33.8 Å². The van der Waals surface area contributed by atoms with Gasteiger partial charge in [0, 0.05) is 13.5 Å². The van der Waals surface area contributed by atoms with E-state index in [-0.39, 0.29) is 6.42 Å². The highest BCUT2D eigenvalue weighted by Gasteiger charge is 2.10. The van der Waals surface area contributed by atoms with Gasteiger partial charge in [0.15, 0.2) is 6.29 Å². The third-order valence-corrected chi connectivity index (χ3v) is 2.54. The third kappa shape index (κ3) is 2.85. The van der Waals surface area contributed by atoms with Crippen LogP contribution in [0.2, 0.25) is 10.0 Å². The molecule has 0 aromatic heterocycles. The van der Waals surface area contributed by atoms with Gasteiger partial charge in [-0.15, -0.1) is 0 Å². The van der Waals surface area contributed by atoms with Gasteiger partial charge in [-0.3, -0.25) is 0 Å². The molecule has 0 N–H and O–H groups in total. The molecular weight excluding hydrogens is 211 g/mol. The summed E-state index contributed by atoms with van der Waals surface area (Å²) in [5.41, 5.74) is 0.719. The Kier molecular flexibility index (Phi) is 4.00. The van der Waals surface area contributed by atoms with Crippen molar-refractivity contribution in [3.63, 3.8) is 0 Å². The molecule has 0 aliphatic carbocycles. The van der Waals surface area contributed by atoms with Gasteiger partial charge in [0.05, 0.1) is 10.0 Å². The molecule has 0 spiro atoms. The maximum atomic E-state index is 11.0. The van der Waals surface area contributed by atoms with E-state index in [1.54, 1.807) is 18.2 Å². The molecule has 1 radical (unpaired) electrons. The lowest BCUT2D eigenvalue weighted by molar-refractivity contribution is -0.117. The smallest absolute Gasteiger partial charge is 0.195 e. The maximum absolute atomic E-state index is 11.0. The lowest BCUT2D eigenvalue weighted by Gasteiger charge is -2.08. The molecule has 4 heteroatoms. The molecule has 0 heterocycles. The fourth-order valence-corrected chi connectivity index (χ4v) is 1.37. The summed E-state index contributed by atoms with van der Waals surface area (Å²) in [6.07, 6.45) is -0.855. The molecular formula is C9H9Cl2O2.